The lowest BCUT2D eigenvalue weighted by Crippen LogP contribution is -3.00. The Morgan fingerprint density at radius 2 is 0.163 bits per heavy atom. The van der Waals surface area contributed by atoms with Crippen molar-refractivity contribution in [1.29, 1.82) is 0 Å². The van der Waals surface area contributed by atoms with Gasteiger partial charge in [-0.15, -0.1) is 0 Å². The molecular weight excluding hydrogens is 1070 g/mol. The zero-order valence-electron chi connectivity index (χ0n) is 43.8. The molecule has 0 bridgehead atoms. The summed E-state index contributed by atoms with van der Waals surface area (Å²) < 4.78 is 0. The van der Waals surface area contributed by atoms with Crippen molar-refractivity contribution < 1.29 is 18.8 Å². The number of hydrogen-bond acceptors (Lipinski definition) is 0. The Morgan fingerprint density at radius 1 is 0.100 bits per heavy atom. The van der Waals surface area contributed by atoms with Gasteiger partial charge < -0.3 is 18.8 Å². The van der Waals surface area contributed by atoms with Gasteiger partial charge >= 0.3 is 0 Å². The minimum absolute atomic E-state index is 0. The molecule has 0 aliphatic carbocycles. The molecule has 8 heteroatoms. The smallest absolute Gasteiger partial charge is 0.166 e. The van der Waals surface area contributed by atoms with Gasteiger partial charge in [0.25, 0.3) is 0 Å². The largest absolute Gasteiger partial charge is 1.00 e. The highest BCUT2D eigenvalue weighted by Gasteiger charge is 2.31. The van der Waals surface area contributed by atoms with E-state index >= 15 is 0 Å². The van der Waals surface area contributed by atoms with Crippen LogP contribution in [0.2, 0.25) is 0 Å². The van der Waals surface area contributed by atoms with Crippen LogP contribution in [0, 0.1) is 0 Å². The first-order valence-corrected chi connectivity index (χ1v) is 30.3. The highest BCUT2D eigenvalue weighted by Crippen LogP contribution is 2.34. The van der Waals surface area contributed by atoms with Gasteiger partial charge in [0.15, 0.2) is 58.7 Å². The molecule has 0 fully saturated rings. The summed E-state index contributed by atoms with van der Waals surface area (Å²) in [6, 6.07) is 129. The summed E-state index contributed by atoms with van der Waals surface area (Å²) in [5, 5.41) is 0. The van der Waals surface area contributed by atoms with Crippen LogP contribution in [0.25, 0.3) is 0 Å². The van der Waals surface area contributed by atoms with E-state index in [1.165, 1.54) is 58.7 Å². The van der Waals surface area contributed by atoms with E-state index in [-0.39, 0.29) is 62.4 Å². The monoisotopic (exact) mass is 1130 g/mol. The molecule has 0 saturated heterocycles. The fraction of sp³-hybridized carbons (Fsp3) is 0. The molecule has 0 aliphatic heterocycles. The fourth-order valence-electron chi connectivity index (χ4n) is 8.31. The second kappa shape index (κ2) is 34.6. The number of hydrogen-bond donors (Lipinski definition) is 0. The van der Waals surface area contributed by atoms with Gasteiger partial charge in [-0.2, -0.15) is 0 Å². The van der Waals surface area contributed by atoms with Crippen LogP contribution in [0.15, 0.2) is 423 Å². The molecule has 0 unspecified atom stereocenters. The number of benzene rings is 12. The van der Waals surface area contributed by atoms with Gasteiger partial charge in [-0.1, -0.05) is 218 Å². The zero-order valence-corrected chi connectivity index (χ0v) is 47.1. The van der Waals surface area contributed by atoms with E-state index in [1.807, 2.05) is 0 Å². The summed E-state index contributed by atoms with van der Waals surface area (Å²) in [5.41, 5.74) is 0. The molecule has 0 amide bonds. The van der Waals surface area contributed by atoms with Crippen molar-refractivity contribution in [2.45, 2.75) is 58.7 Å². The van der Waals surface area contributed by atoms with Crippen LogP contribution in [0.5, 0.6) is 0 Å². The van der Waals surface area contributed by atoms with Gasteiger partial charge in [0.05, 0.1) is 43.6 Å². The van der Waals surface area contributed by atoms with Crippen LogP contribution >= 0.6 is 0 Å². The van der Waals surface area contributed by atoms with E-state index in [2.05, 4.69) is 364 Å². The second-order valence-corrected chi connectivity index (χ2v) is 25.1. The molecule has 0 heterocycles. The van der Waals surface area contributed by atoms with Crippen molar-refractivity contribution in [2.75, 3.05) is 0 Å². The Kier molecular flexibility index (Phi) is 27.1. The quantitative estimate of drug-likeness (QED) is 0.0903. The molecular formula is C72H60F4S4. The Morgan fingerprint density at radius 3 is 0.225 bits per heavy atom. The van der Waals surface area contributed by atoms with Gasteiger partial charge in [-0.05, 0) is 146 Å². The molecule has 12 aromatic carbocycles. The summed E-state index contributed by atoms with van der Waals surface area (Å²) in [7, 11) is -0.0585. The summed E-state index contributed by atoms with van der Waals surface area (Å²) in [5.74, 6) is 0. The fourth-order valence-corrected chi connectivity index (χ4v) is 16.7. The van der Waals surface area contributed by atoms with Crippen molar-refractivity contribution in [2.24, 2.45) is 0 Å². The Bertz CT molecular complexity index is 2590. The first-order chi connectivity index (χ1) is 37.8. The van der Waals surface area contributed by atoms with E-state index < -0.39 is 0 Å². The molecule has 0 aliphatic rings. The van der Waals surface area contributed by atoms with Crippen LogP contribution in [0.3, 0.4) is 0 Å². The van der Waals surface area contributed by atoms with E-state index in [9.17, 15) is 0 Å². The van der Waals surface area contributed by atoms with E-state index in [0.717, 1.165) is 0 Å². The number of halogens is 4. The van der Waals surface area contributed by atoms with Crippen molar-refractivity contribution in [3.63, 3.8) is 0 Å². The van der Waals surface area contributed by atoms with Gasteiger partial charge in [0, 0.05) is 0 Å². The van der Waals surface area contributed by atoms with Crippen molar-refractivity contribution in [1.82, 2.24) is 0 Å². The molecule has 12 rings (SSSR count). The average Bonchev–Trinajstić information content (AvgIpc) is 3.52. The lowest BCUT2D eigenvalue weighted by atomic mass is 10.4. The maximum atomic E-state index is 2.21. The van der Waals surface area contributed by atoms with Crippen LogP contribution in [0.1, 0.15) is 0 Å². The average molecular weight is 1130 g/mol. The molecule has 0 aromatic heterocycles. The summed E-state index contributed by atoms with van der Waals surface area (Å²) in [4.78, 5) is 16.3. The summed E-state index contributed by atoms with van der Waals surface area (Å²) in [6.45, 7) is 0. The molecule has 0 spiro atoms. The van der Waals surface area contributed by atoms with Gasteiger partial charge in [0.2, 0.25) is 0 Å². The second-order valence-electron chi connectivity index (χ2n) is 17.0. The minimum atomic E-state index is -0.0146. The minimum Gasteiger partial charge on any atom is -1.00 e. The van der Waals surface area contributed by atoms with Gasteiger partial charge in [0.1, 0.15) is 0 Å². The predicted octanol–water partition coefficient (Wildman–Crippen LogP) is 7.14. The zero-order chi connectivity index (χ0) is 51.7. The lowest BCUT2D eigenvalue weighted by Gasteiger charge is -2.07. The maximum Gasteiger partial charge on any atom is 0.166 e. The third-order valence-electron chi connectivity index (χ3n) is 11.7. The summed E-state index contributed by atoms with van der Waals surface area (Å²) >= 11 is 0. The molecule has 12 aromatic rings. The third kappa shape index (κ3) is 17.9. The highest BCUT2D eigenvalue weighted by molar-refractivity contribution is 7.98. The first kappa shape index (κ1) is 62.6. The van der Waals surface area contributed by atoms with Crippen molar-refractivity contribution in [3.8, 4) is 0 Å². The molecule has 400 valence electrons. The third-order valence-corrected chi connectivity index (χ3v) is 20.7. The van der Waals surface area contributed by atoms with Crippen LogP contribution in [-0.4, -0.2) is 0 Å². The van der Waals surface area contributed by atoms with Crippen LogP contribution < -0.4 is 18.8 Å². The Balaban J connectivity index is 0.000000193. The summed E-state index contributed by atoms with van der Waals surface area (Å²) in [6.07, 6.45) is 0. The standard InChI is InChI=1S/4C18H15S.4FH/c4*1-4-10-16(11-5-1)19(17-12-6-2-7-13-17)18-14-8-3-9-15-18;;;;/h4*1-15H;4*1H/q4*+1;;;;/p-4. The van der Waals surface area contributed by atoms with Gasteiger partial charge in [-0.25, -0.2) is 0 Å². The van der Waals surface area contributed by atoms with Crippen molar-refractivity contribution in [3.05, 3.63) is 364 Å². The molecule has 0 nitrogen and oxygen atoms in total. The normalized spacial score (nSPS) is 10.1. The first-order valence-electron chi connectivity index (χ1n) is 25.4. The number of rotatable bonds is 12. The lowest BCUT2D eigenvalue weighted by molar-refractivity contribution is -0.00100. The van der Waals surface area contributed by atoms with E-state index in [0.29, 0.717) is 0 Å². The van der Waals surface area contributed by atoms with Gasteiger partial charge in [-0.3, -0.25) is 0 Å². The van der Waals surface area contributed by atoms with Crippen molar-refractivity contribution >= 4 is 43.6 Å². The molecule has 80 heavy (non-hydrogen) atoms. The molecule has 0 radical (unpaired) electrons. The topological polar surface area (TPSA) is 0 Å². The predicted molar refractivity (Wildman–Crippen MR) is 326 cm³/mol. The molecule has 0 N–H and O–H groups in total. The Hall–Kier alpha value is -8.24. The van der Waals surface area contributed by atoms with Crippen LogP contribution in [0.4, 0.5) is 0 Å². The van der Waals surface area contributed by atoms with E-state index in [1.54, 1.807) is 0 Å². The van der Waals surface area contributed by atoms with E-state index in [4.69, 9.17) is 0 Å². The Labute approximate surface area is 481 Å². The van der Waals surface area contributed by atoms with Crippen LogP contribution in [-0.2, 0) is 43.6 Å². The maximum absolute atomic E-state index is 2.21. The molecule has 0 saturated carbocycles. The SMILES string of the molecule is [F-].[F-].[F-].[F-].c1ccc([S+](c2ccccc2)c2ccccc2)cc1.c1ccc([S+](c2ccccc2)c2ccccc2)cc1.c1ccc([S+](c2ccccc2)c2ccccc2)cc1.c1ccc([S+](c2ccccc2)c2ccccc2)cc1. The highest BCUT2D eigenvalue weighted by atomic mass is 32.2. The molecule has 0 atom stereocenters.